The minimum Gasteiger partial charge on any atom is -0.481 e. The predicted octanol–water partition coefficient (Wildman–Crippen LogP) is 5.02. The van der Waals surface area contributed by atoms with Gasteiger partial charge in [-0.05, 0) is 30.5 Å². The van der Waals surface area contributed by atoms with Crippen molar-refractivity contribution in [1.29, 1.82) is 0 Å². The maximum Gasteiger partial charge on any atom is 0.451 e. The average Bonchev–Trinajstić information content (AvgIpc) is 3.56. The largest absolute Gasteiger partial charge is 0.481 e. The number of nitrogens with zero attached hydrogens (tertiary/aromatic N) is 6. The number of halogens is 5. The number of aromatic nitrogens is 5. The summed E-state index contributed by atoms with van der Waals surface area (Å²) in [5, 5.41) is 5.75. The summed E-state index contributed by atoms with van der Waals surface area (Å²) in [4.78, 5) is 51.7. The lowest BCUT2D eigenvalue weighted by molar-refractivity contribution is -0.179. The molecule has 8 rings (SSSR count). The van der Waals surface area contributed by atoms with E-state index in [4.69, 9.17) is 37.7 Å². The number of ether oxygens (including phenoxy) is 2. The molecule has 0 saturated carbocycles. The molecular formula is C36H31Cl2F3N8O5. The summed E-state index contributed by atoms with van der Waals surface area (Å²) in [5.74, 6) is -1.66. The molecule has 0 radical (unpaired) electrons. The van der Waals surface area contributed by atoms with Gasteiger partial charge in [-0.25, -0.2) is 19.7 Å². The van der Waals surface area contributed by atoms with Gasteiger partial charge in [0.15, 0.2) is 5.65 Å². The van der Waals surface area contributed by atoms with Crippen molar-refractivity contribution in [2.45, 2.75) is 30.7 Å². The van der Waals surface area contributed by atoms with Gasteiger partial charge in [0.2, 0.25) is 17.6 Å². The third kappa shape index (κ3) is 5.88. The lowest BCUT2D eigenvalue weighted by Gasteiger charge is -2.53. The van der Waals surface area contributed by atoms with Crippen LogP contribution in [0, 0.1) is 0 Å². The number of alkyl halides is 3. The smallest absolute Gasteiger partial charge is 0.451 e. The van der Waals surface area contributed by atoms with Crippen LogP contribution in [0.5, 0.6) is 5.88 Å². The number of methoxy groups -OCH3 is 1. The molecule has 2 saturated heterocycles. The fraction of sp³-hybridized carbons (Fsp3) is 0.333. The molecule has 0 bridgehead atoms. The summed E-state index contributed by atoms with van der Waals surface area (Å²) < 4.78 is 55.1. The summed E-state index contributed by atoms with van der Waals surface area (Å²) in [7, 11) is 3.99. The van der Waals surface area contributed by atoms with Gasteiger partial charge in [0.1, 0.15) is 23.4 Å². The number of benzene rings is 2. The van der Waals surface area contributed by atoms with Gasteiger partial charge >= 0.3 is 11.9 Å². The first kappa shape index (κ1) is 36.0. The molecule has 2 fully saturated rings. The Kier molecular flexibility index (Phi) is 8.71. The minimum atomic E-state index is -4.99. The summed E-state index contributed by atoms with van der Waals surface area (Å²) >= 11 is 14.0. The fourth-order valence-electron chi connectivity index (χ4n) is 7.52. The monoisotopic (exact) mass is 782 g/mol. The zero-order valence-corrected chi connectivity index (χ0v) is 30.5. The molecule has 280 valence electrons. The first-order valence-electron chi connectivity index (χ1n) is 16.8. The van der Waals surface area contributed by atoms with Gasteiger partial charge in [0, 0.05) is 62.0 Å². The molecule has 18 heteroatoms. The molecule has 1 spiro atoms. The highest BCUT2D eigenvalue weighted by Crippen LogP contribution is 2.48. The molecule has 5 heterocycles. The Hall–Kier alpha value is -5.03. The molecule has 2 aliphatic heterocycles. The van der Waals surface area contributed by atoms with E-state index in [-0.39, 0.29) is 40.3 Å². The third-order valence-corrected chi connectivity index (χ3v) is 11.0. The zero-order chi connectivity index (χ0) is 38.3. The van der Waals surface area contributed by atoms with Gasteiger partial charge < -0.3 is 20.1 Å². The number of anilines is 2. The highest BCUT2D eigenvalue weighted by molar-refractivity contribution is 6.39. The number of pyridine rings is 1. The Labute approximate surface area is 314 Å². The number of hydrogen-bond acceptors (Lipinski definition) is 10. The van der Waals surface area contributed by atoms with Crippen LogP contribution in [0.15, 0.2) is 52.1 Å². The van der Waals surface area contributed by atoms with Crippen LogP contribution in [0.1, 0.15) is 29.4 Å². The number of amides is 1. The van der Waals surface area contributed by atoms with Gasteiger partial charge in [0.05, 0.1) is 28.5 Å². The number of carbonyl (C=O) groups is 1. The van der Waals surface area contributed by atoms with Crippen molar-refractivity contribution in [2.75, 3.05) is 38.7 Å². The highest BCUT2D eigenvalue weighted by atomic mass is 35.5. The van der Waals surface area contributed by atoms with Crippen LogP contribution in [-0.4, -0.2) is 73.8 Å². The molecule has 3 aliphatic rings. The number of carbonyl (C=O) groups excluding carboxylic acids is 1. The second kappa shape index (κ2) is 13.1. The zero-order valence-electron chi connectivity index (χ0n) is 29.0. The summed E-state index contributed by atoms with van der Waals surface area (Å²) in [6.07, 6.45) is -3.34. The lowest BCUT2D eigenvalue weighted by Crippen LogP contribution is -2.70. The minimum absolute atomic E-state index is 0.0570. The fourth-order valence-corrected chi connectivity index (χ4v) is 8.12. The van der Waals surface area contributed by atoms with E-state index in [0.717, 1.165) is 33.1 Å². The van der Waals surface area contributed by atoms with E-state index in [1.165, 1.54) is 20.2 Å². The number of hydrogen-bond donors (Lipinski definition) is 2. The SMILES string of the molecule is COc1nc(-c2cccc(-c3cccc(Nc4nc(C(F)(F)F)nc5c4c(=O)n(C)c(=O)n5C)c3Cl)c2Cl)cc2c1[C@H](N1CC3(CNC(=O)CO3)C1)CC2. The van der Waals surface area contributed by atoms with Gasteiger partial charge in [-0.1, -0.05) is 53.5 Å². The van der Waals surface area contributed by atoms with Crippen molar-refractivity contribution in [3.63, 3.8) is 0 Å². The standard InChI is InChI=1S/C36H31Cl2F3N8O5/c1-47-30-26(32(51)48(2)34(47)52)29(45-33(46-30)36(39,40)41)43-21-9-5-7-19(28(21)38)18-6-4-8-20(27(18)37)22-12-17-10-11-23(25(17)31(44-22)53-3)49-15-35(16-49)14-42-24(50)13-54-35/h4-9,12,23H,10-11,13-16H2,1-3H3,(H,42,50)(H,43,45,46)/t23-/m1/s1. The van der Waals surface area contributed by atoms with E-state index in [9.17, 15) is 27.6 Å². The van der Waals surface area contributed by atoms with Gasteiger partial charge in [-0.2, -0.15) is 13.2 Å². The number of morpholine rings is 1. The molecule has 3 aromatic heterocycles. The van der Waals surface area contributed by atoms with Crippen LogP contribution in [0.2, 0.25) is 10.0 Å². The summed E-state index contributed by atoms with van der Waals surface area (Å²) in [6, 6.07) is 12.3. The molecule has 0 unspecified atom stereocenters. The Morgan fingerprint density at radius 1 is 0.981 bits per heavy atom. The molecule has 2 aromatic carbocycles. The maximum absolute atomic E-state index is 13.9. The molecule has 54 heavy (non-hydrogen) atoms. The molecule has 2 N–H and O–H groups in total. The first-order valence-corrected chi connectivity index (χ1v) is 17.6. The molecule has 1 aliphatic carbocycles. The summed E-state index contributed by atoms with van der Waals surface area (Å²) in [5.41, 5.74) is 1.70. The van der Waals surface area contributed by atoms with Gasteiger partial charge in [-0.15, -0.1) is 0 Å². The van der Waals surface area contributed by atoms with Crippen LogP contribution < -0.4 is 26.6 Å². The number of likely N-dealkylation sites (tertiary alicyclic amines) is 1. The Morgan fingerprint density at radius 2 is 1.69 bits per heavy atom. The molecule has 5 aromatic rings. The van der Waals surface area contributed by atoms with Crippen LogP contribution in [0.25, 0.3) is 33.4 Å². The summed E-state index contributed by atoms with van der Waals surface area (Å²) in [6.45, 7) is 1.89. The first-order chi connectivity index (χ1) is 25.7. The van der Waals surface area contributed by atoms with Crippen molar-refractivity contribution >= 4 is 51.6 Å². The predicted molar refractivity (Wildman–Crippen MR) is 194 cm³/mol. The highest BCUT2D eigenvalue weighted by Gasteiger charge is 2.50. The van der Waals surface area contributed by atoms with E-state index in [0.29, 0.717) is 52.9 Å². The molecular weight excluding hydrogens is 752 g/mol. The number of aryl methyl sites for hydroxylation is 2. The van der Waals surface area contributed by atoms with Crippen molar-refractivity contribution in [3.8, 4) is 28.3 Å². The van der Waals surface area contributed by atoms with E-state index < -0.39 is 34.7 Å². The second-order valence-corrected chi connectivity index (χ2v) is 14.3. The van der Waals surface area contributed by atoms with Crippen molar-refractivity contribution in [1.82, 2.24) is 34.3 Å². The second-order valence-electron chi connectivity index (χ2n) is 13.6. The molecule has 13 nitrogen and oxygen atoms in total. The molecule has 1 amide bonds. The maximum atomic E-state index is 13.9. The lowest BCUT2D eigenvalue weighted by atomic mass is 9.89. The van der Waals surface area contributed by atoms with E-state index in [1.807, 2.05) is 12.1 Å². The van der Waals surface area contributed by atoms with Crippen LogP contribution in [0.3, 0.4) is 0 Å². The quantitative estimate of drug-likeness (QED) is 0.241. The normalized spacial score (nSPS) is 18.1. The Morgan fingerprint density at radius 3 is 2.37 bits per heavy atom. The van der Waals surface area contributed by atoms with E-state index >= 15 is 0 Å². The molecule has 1 atom stereocenters. The third-order valence-electron chi connectivity index (χ3n) is 10.2. The van der Waals surface area contributed by atoms with E-state index in [2.05, 4.69) is 25.5 Å². The number of nitrogens with one attached hydrogen (secondary N) is 2. The van der Waals surface area contributed by atoms with Crippen molar-refractivity contribution < 1.29 is 27.4 Å². The van der Waals surface area contributed by atoms with Crippen molar-refractivity contribution in [2.24, 2.45) is 14.1 Å². The van der Waals surface area contributed by atoms with E-state index in [1.54, 1.807) is 31.4 Å². The Bertz CT molecular complexity index is 2510. The van der Waals surface area contributed by atoms with Crippen LogP contribution >= 0.6 is 23.2 Å². The van der Waals surface area contributed by atoms with Crippen LogP contribution in [-0.2, 0) is 36.2 Å². The number of rotatable bonds is 6. The van der Waals surface area contributed by atoms with Crippen LogP contribution in [0.4, 0.5) is 24.7 Å². The van der Waals surface area contributed by atoms with Crippen molar-refractivity contribution in [3.05, 3.63) is 90.3 Å². The topological polar surface area (TPSA) is 146 Å². The van der Waals surface area contributed by atoms with Gasteiger partial charge in [0.25, 0.3) is 5.56 Å². The average molecular weight is 784 g/mol. The van der Waals surface area contributed by atoms with Gasteiger partial charge in [-0.3, -0.25) is 23.6 Å². The Balaban J connectivity index is 1.14. The number of fused-ring (bicyclic) bond motifs is 2.